The first kappa shape index (κ1) is 16.9. The highest BCUT2D eigenvalue weighted by Crippen LogP contribution is 2.37. The van der Waals surface area contributed by atoms with E-state index in [2.05, 4.69) is 36.3 Å². The molecule has 5 heteroatoms. The van der Waals surface area contributed by atoms with Crippen LogP contribution < -0.4 is 9.47 Å². The van der Waals surface area contributed by atoms with E-state index in [4.69, 9.17) is 14.5 Å². The maximum absolute atomic E-state index is 5.81. The van der Waals surface area contributed by atoms with Crippen molar-refractivity contribution in [2.24, 2.45) is 0 Å². The molecule has 25 heavy (non-hydrogen) atoms. The molecule has 0 amide bonds. The van der Waals surface area contributed by atoms with Gasteiger partial charge in [-0.3, -0.25) is 0 Å². The zero-order valence-corrected chi connectivity index (χ0v) is 15.8. The average Bonchev–Trinajstić information content (AvgIpc) is 3.01. The predicted molar refractivity (Wildman–Crippen MR) is 102 cm³/mol. The molecule has 1 saturated heterocycles. The smallest absolute Gasteiger partial charge is 0.161 e. The quantitative estimate of drug-likeness (QED) is 0.806. The van der Waals surface area contributed by atoms with E-state index < -0.39 is 0 Å². The summed E-state index contributed by atoms with van der Waals surface area (Å²) >= 11 is 1.80. The molecule has 2 aromatic rings. The number of nitrogens with zero attached hydrogens (tertiary/aromatic N) is 2. The molecule has 134 valence electrons. The van der Waals surface area contributed by atoms with Crippen LogP contribution in [0.15, 0.2) is 23.6 Å². The molecule has 1 aromatic carbocycles. The lowest BCUT2D eigenvalue weighted by molar-refractivity contribution is 0.172. The third-order valence-corrected chi connectivity index (χ3v) is 6.18. The molecule has 0 bridgehead atoms. The minimum Gasteiger partial charge on any atom is -0.490 e. The largest absolute Gasteiger partial charge is 0.490 e. The van der Waals surface area contributed by atoms with Crippen LogP contribution in [0.25, 0.3) is 11.3 Å². The Hall–Kier alpha value is -1.59. The Morgan fingerprint density at radius 3 is 2.64 bits per heavy atom. The second-order valence-corrected chi connectivity index (χ2v) is 8.08. The summed E-state index contributed by atoms with van der Waals surface area (Å²) in [4.78, 5) is 7.51. The normalized spacial score (nSPS) is 19.2. The van der Waals surface area contributed by atoms with Gasteiger partial charge in [-0.1, -0.05) is 0 Å². The summed E-state index contributed by atoms with van der Waals surface area (Å²) in [5.74, 6) is 2.29. The fourth-order valence-electron chi connectivity index (χ4n) is 3.59. The molecule has 4 rings (SSSR count). The van der Waals surface area contributed by atoms with Crippen molar-refractivity contribution in [1.29, 1.82) is 0 Å². The van der Waals surface area contributed by atoms with Crippen LogP contribution >= 0.6 is 11.3 Å². The molecule has 0 saturated carbocycles. The summed E-state index contributed by atoms with van der Waals surface area (Å²) in [6.07, 6.45) is 3.36. The van der Waals surface area contributed by atoms with Gasteiger partial charge in [0.05, 0.1) is 23.9 Å². The molecule has 2 aliphatic heterocycles. The Labute approximate surface area is 153 Å². The van der Waals surface area contributed by atoms with Gasteiger partial charge in [0.15, 0.2) is 11.5 Å². The number of aromatic nitrogens is 1. The van der Waals surface area contributed by atoms with Gasteiger partial charge in [0.2, 0.25) is 0 Å². The van der Waals surface area contributed by atoms with E-state index in [1.54, 1.807) is 11.3 Å². The molecule has 0 unspecified atom stereocenters. The van der Waals surface area contributed by atoms with Crippen molar-refractivity contribution in [2.75, 3.05) is 26.3 Å². The second kappa shape index (κ2) is 7.34. The standard InChI is InChI=1S/C20H26N2O2S/c1-14(2)22-8-6-15(7-9-22)20-21-17(13-25-20)16-4-5-18-19(12-16)24-11-3-10-23-18/h4-5,12-15H,3,6-11H2,1-2H3. The number of piperidine rings is 1. The van der Waals surface area contributed by atoms with Crippen molar-refractivity contribution in [2.45, 2.75) is 45.1 Å². The van der Waals surface area contributed by atoms with Gasteiger partial charge in [0, 0.05) is 29.3 Å². The Morgan fingerprint density at radius 1 is 1.12 bits per heavy atom. The first-order chi connectivity index (χ1) is 12.2. The third-order valence-electron chi connectivity index (χ3n) is 5.17. The third kappa shape index (κ3) is 3.67. The number of benzene rings is 1. The molecule has 0 N–H and O–H groups in total. The van der Waals surface area contributed by atoms with Gasteiger partial charge >= 0.3 is 0 Å². The molecular weight excluding hydrogens is 332 g/mol. The summed E-state index contributed by atoms with van der Waals surface area (Å²) in [5, 5.41) is 3.47. The second-order valence-electron chi connectivity index (χ2n) is 7.19. The molecule has 3 heterocycles. The summed E-state index contributed by atoms with van der Waals surface area (Å²) in [7, 11) is 0. The zero-order chi connectivity index (χ0) is 17.2. The van der Waals surface area contributed by atoms with E-state index in [0.717, 1.165) is 35.8 Å². The lowest BCUT2D eigenvalue weighted by Gasteiger charge is -2.33. The Balaban J connectivity index is 1.49. The van der Waals surface area contributed by atoms with Gasteiger partial charge in [-0.2, -0.15) is 0 Å². The fraction of sp³-hybridized carbons (Fsp3) is 0.550. The van der Waals surface area contributed by atoms with Gasteiger partial charge in [0.25, 0.3) is 0 Å². The van der Waals surface area contributed by atoms with Crippen LogP contribution in [0, 0.1) is 0 Å². The summed E-state index contributed by atoms with van der Waals surface area (Å²) in [6.45, 7) is 8.37. The van der Waals surface area contributed by atoms with E-state index in [1.807, 2.05) is 6.07 Å². The molecule has 2 aliphatic rings. The van der Waals surface area contributed by atoms with Crippen LogP contribution in [-0.4, -0.2) is 42.2 Å². The molecule has 0 atom stereocenters. The highest BCUT2D eigenvalue weighted by molar-refractivity contribution is 7.10. The first-order valence-electron chi connectivity index (χ1n) is 9.30. The Bertz CT molecular complexity index is 720. The number of hydrogen-bond donors (Lipinski definition) is 0. The minimum atomic E-state index is 0.606. The topological polar surface area (TPSA) is 34.6 Å². The van der Waals surface area contributed by atoms with Gasteiger partial charge in [-0.15, -0.1) is 11.3 Å². The van der Waals surface area contributed by atoms with Crippen LogP contribution in [0.2, 0.25) is 0 Å². The van der Waals surface area contributed by atoms with Crippen LogP contribution in [0.4, 0.5) is 0 Å². The molecule has 1 fully saturated rings. The molecule has 0 spiro atoms. The highest BCUT2D eigenvalue weighted by Gasteiger charge is 2.24. The zero-order valence-electron chi connectivity index (χ0n) is 15.0. The molecular formula is C20H26N2O2S. The van der Waals surface area contributed by atoms with Crippen LogP contribution in [0.1, 0.15) is 44.0 Å². The average molecular weight is 359 g/mol. The van der Waals surface area contributed by atoms with Crippen LogP contribution in [-0.2, 0) is 0 Å². The first-order valence-corrected chi connectivity index (χ1v) is 10.2. The van der Waals surface area contributed by atoms with E-state index in [0.29, 0.717) is 18.6 Å². The van der Waals surface area contributed by atoms with Crippen molar-refractivity contribution in [1.82, 2.24) is 9.88 Å². The Morgan fingerprint density at radius 2 is 1.88 bits per heavy atom. The summed E-state index contributed by atoms with van der Waals surface area (Å²) in [5.41, 5.74) is 2.17. The number of fused-ring (bicyclic) bond motifs is 1. The van der Waals surface area contributed by atoms with E-state index in [9.17, 15) is 0 Å². The number of likely N-dealkylation sites (tertiary alicyclic amines) is 1. The predicted octanol–water partition coefficient (Wildman–Crippen LogP) is 4.56. The van der Waals surface area contributed by atoms with Gasteiger partial charge in [-0.25, -0.2) is 4.98 Å². The van der Waals surface area contributed by atoms with Crippen molar-refractivity contribution >= 4 is 11.3 Å². The van der Waals surface area contributed by atoms with Gasteiger partial charge in [0.1, 0.15) is 0 Å². The number of thiazole rings is 1. The lowest BCUT2D eigenvalue weighted by Crippen LogP contribution is -2.37. The maximum atomic E-state index is 5.81. The van der Waals surface area contributed by atoms with E-state index in [-0.39, 0.29) is 0 Å². The van der Waals surface area contributed by atoms with E-state index in [1.165, 1.54) is 30.9 Å². The molecule has 0 radical (unpaired) electrons. The van der Waals surface area contributed by atoms with Crippen LogP contribution in [0.5, 0.6) is 11.5 Å². The molecule has 4 nitrogen and oxygen atoms in total. The van der Waals surface area contributed by atoms with Crippen molar-refractivity contribution in [3.8, 4) is 22.8 Å². The number of hydrogen-bond acceptors (Lipinski definition) is 5. The fourth-order valence-corrected chi connectivity index (χ4v) is 4.59. The number of rotatable bonds is 3. The minimum absolute atomic E-state index is 0.606. The SMILES string of the molecule is CC(C)N1CCC(c2nc(-c3ccc4c(c3)OCCCO4)cs2)CC1. The van der Waals surface area contributed by atoms with Gasteiger partial charge in [-0.05, 0) is 58.0 Å². The lowest BCUT2D eigenvalue weighted by atomic mass is 9.96. The van der Waals surface area contributed by atoms with Crippen LogP contribution in [0.3, 0.4) is 0 Å². The monoisotopic (exact) mass is 358 g/mol. The van der Waals surface area contributed by atoms with Crippen molar-refractivity contribution < 1.29 is 9.47 Å². The van der Waals surface area contributed by atoms with Crippen molar-refractivity contribution in [3.05, 3.63) is 28.6 Å². The Kier molecular flexibility index (Phi) is 4.95. The number of ether oxygens (including phenoxy) is 2. The maximum Gasteiger partial charge on any atom is 0.161 e. The van der Waals surface area contributed by atoms with Crippen molar-refractivity contribution in [3.63, 3.8) is 0 Å². The molecule has 1 aromatic heterocycles. The summed E-state index contributed by atoms with van der Waals surface area (Å²) < 4.78 is 11.5. The van der Waals surface area contributed by atoms with E-state index >= 15 is 0 Å². The molecule has 0 aliphatic carbocycles. The van der Waals surface area contributed by atoms with Gasteiger partial charge < -0.3 is 14.4 Å². The summed E-state index contributed by atoms with van der Waals surface area (Å²) in [6, 6.07) is 6.82. The highest BCUT2D eigenvalue weighted by atomic mass is 32.1.